The van der Waals surface area contributed by atoms with E-state index in [-0.39, 0.29) is 24.8 Å². The normalized spacial score (nSPS) is 12.5. The van der Waals surface area contributed by atoms with E-state index in [4.69, 9.17) is 16.7 Å². The zero-order valence-electron chi connectivity index (χ0n) is 8.79. The van der Waals surface area contributed by atoms with E-state index >= 15 is 0 Å². The number of hydrogen-bond acceptors (Lipinski definition) is 2. The van der Waals surface area contributed by atoms with Crippen molar-refractivity contribution in [1.29, 1.82) is 0 Å². The fourth-order valence-electron chi connectivity index (χ4n) is 1.40. The molecule has 0 aliphatic heterocycles. The lowest BCUT2D eigenvalue weighted by Crippen LogP contribution is -2.03. The number of rotatable bonds is 5. The Hall–Kier alpha value is -0.650. The third-order valence-electron chi connectivity index (χ3n) is 2.27. The van der Waals surface area contributed by atoms with Crippen molar-refractivity contribution in [1.82, 2.24) is 0 Å². The highest BCUT2D eigenvalue weighted by Crippen LogP contribution is 2.30. The quantitative estimate of drug-likeness (QED) is 0.814. The molecule has 3 nitrogen and oxygen atoms in total. The summed E-state index contributed by atoms with van der Waals surface area (Å²) in [5.41, 5.74) is 0.0867. The molecule has 1 aromatic rings. The lowest BCUT2D eigenvalue weighted by Gasteiger charge is -2.12. The van der Waals surface area contributed by atoms with Gasteiger partial charge in [0.25, 0.3) is 0 Å². The van der Waals surface area contributed by atoms with E-state index in [0.29, 0.717) is 9.50 Å². The predicted octanol–water partition coefficient (Wildman–Crippen LogP) is 3.53. The zero-order chi connectivity index (χ0) is 13.0. The van der Waals surface area contributed by atoms with Crippen molar-refractivity contribution < 1.29 is 19.4 Å². The Morgan fingerprint density at radius 1 is 1.53 bits per heavy atom. The number of aliphatic hydroxyl groups is 1. The van der Waals surface area contributed by atoms with Crippen molar-refractivity contribution in [3.63, 3.8) is 0 Å². The van der Waals surface area contributed by atoms with Crippen molar-refractivity contribution >= 4 is 33.5 Å². The van der Waals surface area contributed by atoms with Gasteiger partial charge in [0.1, 0.15) is 5.82 Å². The van der Waals surface area contributed by atoms with Gasteiger partial charge in [-0.05, 0) is 40.9 Å². The monoisotopic (exact) mass is 324 g/mol. The third kappa shape index (κ3) is 4.26. The molecule has 17 heavy (non-hydrogen) atoms. The summed E-state index contributed by atoms with van der Waals surface area (Å²) in [6.45, 7) is 0. The second-order valence-electron chi connectivity index (χ2n) is 3.59. The lowest BCUT2D eigenvalue weighted by atomic mass is 10.0. The Kier molecular flexibility index (Phi) is 5.36. The molecule has 1 atom stereocenters. The van der Waals surface area contributed by atoms with Crippen LogP contribution in [0.1, 0.15) is 30.9 Å². The maximum absolute atomic E-state index is 13.5. The summed E-state index contributed by atoms with van der Waals surface area (Å²) in [5.74, 6) is -1.50. The van der Waals surface area contributed by atoms with Crippen molar-refractivity contribution in [3.8, 4) is 0 Å². The van der Waals surface area contributed by atoms with E-state index in [1.165, 1.54) is 12.1 Å². The molecule has 0 saturated heterocycles. The van der Waals surface area contributed by atoms with Crippen molar-refractivity contribution in [2.75, 3.05) is 0 Å². The van der Waals surface area contributed by atoms with Gasteiger partial charge in [0.15, 0.2) is 0 Å². The summed E-state index contributed by atoms with van der Waals surface area (Å²) in [6, 6.07) is 2.52. The average Bonchev–Trinajstić information content (AvgIpc) is 2.22. The van der Waals surface area contributed by atoms with Gasteiger partial charge < -0.3 is 10.2 Å². The highest BCUT2D eigenvalue weighted by Gasteiger charge is 2.15. The summed E-state index contributed by atoms with van der Waals surface area (Å²) >= 11 is 8.87. The number of hydrogen-bond donors (Lipinski definition) is 2. The minimum atomic E-state index is -1.04. The Labute approximate surface area is 111 Å². The fourth-order valence-corrected chi connectivity index (χ4v) is 1.88. The number of benzene rings is 1. The molecule has 94 valence electrons. The molecule has 0 aliphatic rings. The number of carbonyl (C=O) groups is 1. The minimum absolute atomic E-state index is 0.0526. The van der Waals surface area contributed by atoms with E-state index in [2.05, 4.69) is 15.9 Å². The van der Waals surface area contributed by atoms with Crippen LogP contribution >= 0.6 is 27.5 Å². The smallest absolute Gasteiger partial charge is 0.303 e. The molecule has 0 amide bonds. The number of halogens is 3. The van der Waals surface area contributed by atoms with Gasteiger partial charge in [0.05, 0.1) is 11.1 Å². The van der Waals surface area contributed by atoms with Gasteiger partial charge >= 0.3 is 5.97 Å². The number of aliphatic carboxylic acids is 1. The van der Waals surface area contributed by atoms with Gasteiger partial charge in [-0.2, -0.15) is 0 Å². The average molecular weight is 326 g/mol. The fraction of sp³-hybridized carbons (Fsp3) is 0.364. The molecule has 0 heterocycles. The number of aliphatic hydroxyl groups excluding tert-OH is 1. The molecule has 0 spiro atoms. The van der Waals surface area contributed by atoms with Crippen LogP contribution in [0, 0.1) is 5.82 Å². The molecule has 6 heteroatoms. The van der Waals surface area contributed by atoms with Gasteiger partial charge in [-0.15, -0.1) is 0 Å². The summed E-state index contributed by atoms with van der Waals surface area (Å²) in [5, 5.41) is 18.5. The van der Waals surface area contributed by atoms with E-state index < -0.39 is 17.9 Å². The van der Waals surface area contributed by atoms with Gasteiger partial charge in [-0.1, -0.05) is 11.6 Å². The second kappa shape index (κ2) is 6.33. The minimum Gasteiger partial charge on any atom is -0.481 e. The molecule has 0 fully saturated rings. The SMILES string of the molecule is O=C(O)CCCC(O)c1cc(Cl)c(Br)cc1F. The lowest BCUT2D eigenvalue weighted by molar-refractivity contribution is -0.137. The molecule has 2 N–H and O–H groups in total. The van der Waals surface area contributed by atoms with Gasteiger partial charge in [-0.25, -0.2) is 4.39 Å². The molecule has 0 aliphatic carbocycles. The molecule has 0 saturated carbocycles. The van der Waals surface area contributed by atoms with E-state index in [1.807, 2.05) is 0 Å². The largest absolute Gasteiger partial charge is 0.481 e. The Balaban J connectivity index is 2.71. The van der Waals surface area contributed by atoms with Crippen molar-refractivity contribution in [2.24, 2.45) is 0 Å². The highest BCUT2D eigenvalue weighted by molar-refractivity contribution is 9.10. The number of carboxylic acids is 1. The van der Waals surface area contributed by atoms with Crippen LogP contribution in [-0.2, 0) is 4.79 Å². The van der Waals surface area contributed by atoms with E-state index in [1.54, 1.807) is 0 Å². The van der Waals surface area contributed by atoms with Crippen molar-refractivity contribution in [3.05, 3.63) is 33.0 Å². The molecular weight excluding hydrogens is 314 g/mol. The summed E-state index contributed by atoms with van der Waals surface area (Å²) in [7, 11) is 0. The van der Waals surface area contributed by atoms with Gasteiger partial charge in [0, 0.05) is 16.5 Å². The van der Waals surface area contributed by atoms with Crippen LogP contribution in [0.4, 0.5) is 4.39 Å². The predicted molar refractivity (Wildman–Crippen MR) is 65.6 cm³/mol. The van der Waals surface area contributed by atoms with E-state index in [0.717, 1.165) is 0 Å². The number of carboxylic acid groups (broad SMARTS) is 1. The highest BCUT2D eigenvalue weighted by atomic mass is 79.9. The Morgan fingerprint density at radius 3 is 2.76 bits per heavy atom. The van der Waals surface area contributed by atoms with Crippen LogP contribution < -0.4 is 0 Å². The molecule has 0 aromatic heterocycles. The topological polar surface area (TPSA) is 57.5 Å². The maximum Gasteiger partial charge on any atom is 0.303 e. The second-order valence-corrected chi connectivity index (χ2v) is 4.85. The first-order valence-corrected chi connectivity index (χ1v) is 6.13. The first-order chi connectivity index (χ1) is 7.91. The van der Waals surface area contributed by atoms with Crippen LogP contribution in [0.3, 0.4) is 0 Å². The zero-order valence-corrected chi connectivity index (χ0v) is 11.1. The van der Waals surface area contributed by atoms with E-state index in [9.17, 15) is 14.3 Å². The summed E-state index contributed by atoms with van der Waals surface area (Å²) in [6.07, 6.45) is -0.631. The summed E-state index contributed by atoms with van der Waals surface area (Å²) in [4.78, 5) is 10.3. The molecule has 1 aromatic carbocycles. The van der Waals surface area contributed by atoms with Gasteiger partial charge in [-0.3, -0.25) is 4.79 Å². The van der Waals surface area contributed by atoms with Crippen LogP contribution in [-0.4, -0.2) is 16.2 Å². The van der Waals surface area contributed by atoms with Gasteiger partial charge in [0.2, 0.25) is 0 Å². The van der Waals surface area contributed by atoms with Crippen LogP contribution in [0.5, 0.6) is 0 Å². The maximum atomic E-state index is 13.5. The first kappa shape index (κ1) is 14.4. The third-order valence-corrected chi connectivity index (χ3v) is 3.46. The Bertz CT molecular complexity index is 425. The van der Waals surface area contributed by atoms with Crippen LogP contribution in [0.15, 0.2) is 16.6 Å². The molecule has 0 bridgehead atoms. The first-order valence-electron chi connectivity index (χ1n) is 4.96. The molecule has 1 rings (SSSR count). The molecule has 1 unspecified atom stereocenters. The Morgan fingerprint density at radius 2 is 2.18 bits per heavy atom. The van der Waals surface area contributed by atoms with Crippen molar-refractivity contribution in [2.45, 2.75) is 25.4 Å². The molecule has 0 radical (unpaired) electrons. The standard InChI is InChI=1S/C11H11BrClFO3/c12-7-5-9(14)6(4-8(7)13)10(15)2-1-3-11(16)17/h4-5,10,15H,1-3H2,(H,16,17). The van der Waals surface area contributed by atoms with Crippen LogP contribution in [0.2, 0.25) is 5.02 Å². The molecular formula is C11H11BrClFO3. The summed E-state index contributed by atoms with van der Waals surface area (Å²) < 4.78 is 13.9. The van der Waals surface area contributed by atoms with Crippen LogP contribution in [0.25, 0.3) is 0 Å².